The Kier molecular flexibility index (Phi) is 5.70. The van der Waals surface area contributed by atoms with E-state index in [-0.39, 0.29) is 10.9 Å². The van der Waals surface area contributed by atoms with E-state index in [1.807, 2.05) is 68.6 Å². The molecular weight excluding hydrogens is 394 g/mol. The Bertz CT molecular complexity index is 1240. The molecule has 0 atom stereocenters. The van der Waals surface area contributed by atoms with E-state index in [0.717, 1.165) is 11.1 Å². The van der Waals surface area contributed by atoms with Crippen molar-refractivity contribution in [1.82, 2.24) is 13.9 Å². The third-order valence-electron chi connectivity index (χ3n) is 5.20. The Morgan fingerprint density at radius 3 is 2.47 bits per heavy atom. The lowest BCUT2D eigenvalue weighted by molar-refractivity contribution is 0.340. The highest BCUT2D eigenvalue weighted by Crippen LogP contribution is 2.27. The van der Waals surface area contributed by atoms with Gasteiger partial charge >= 0.3 is 0 Å². The summed E-state index contributed by atoms with van der Waals surface area (Å²) in [6, 6.07) is 22.9. The lowest BCUT2D eigenvalue weighted by Gasteiger charge is -2.27. The van der Waals surface area contributed by atoms with Gasteiger partial charge in [0, 0.05) is 36.1 Å². The molecule has 0 amide bonds. The Balaban J connectivity index is 1.69. The number of hydrogen-bond acceptors (Lipinski definition) is 3. The van der Waals surface area contributed by atoms with Crippen molar-refractivity contribution in [3.05, 3.63) is 96.4 Å². The van der Waals surface area contributed by atoms with Crippen molar-refractivity contribution in [1.29, 1.82) is 0 Å². The van der Waals surface area contributed by atoms with Crippen LogP contribution in [0.2, 0.25) is 0 Å². The Labute approximate surface area is 177 Å². The summed E-state index contributed by atoms with van der Waals surface area (Å²) in [7, 11) is -3.74. The third kappa shape index (κ3) is 4.01. The lowest BCUT2D eigenvalue weighted by Crippen LogP contribution is -2.37. The molecule has 0 aliphatic rings. The van der Waals surface area contributed by atoms with Crippen LogP contribution in [0, 0.1) is 0 Å². The first kappa shape index (κ1) is 20.3. The molecule has 0 bridgehead atoms. The molecule has 2 heterocycles. The van der Waals surface area contributed by atoms with E-state index >= 15 is 0 Å². The molecule has 5 nitrogen and oxygen atoms in total. The molecule has 0 unspecified atom stereocenters. The maximum absolute atomic E-state index is 13.7. The Hall–Kier alpha value is -2.96. The first-order valence-corrected chi connectivity index (χ1v) is 11.4. The van der Waals surface area contributed by atoms with E-state index in [0.29, 0.717) is 18.6 Å². The largest absolute Gasteiger partial charge is 0.346 e. The van der Waals surface area contributed by atoms with Gasteiger partial charge in [-0.15, -0.1) is 0 Å². The fourth-order valence-electron chi connectivity index (χ4n) is 3.64. The zero-order valence-electron chi connectivity index (χ0n) is 17.1. The van der Waals surface area contributed by atoms with E-state index in [1.165, 1.54) is 5.56 Å². The predicted octanol–water partition coefficient (Wildman–Crippen LogP) is 4.68. The van der Waals surface area contributed by atoms with Crippen LogP contribution in [0.4, 0.5) is 0 Å². The molecule has 0 radical (unpaired) electrons. The standard InChI is InChI=1S/C24H25N3O2S/c1-19(2)27(18-22-13-8-16-26(22)17-20-9-4-3-5-10-20)30(28,29)23-14-6-11-21-12-7-15-25-24(21)23/h3-16,19H,17-18H2,1-2H3. The number of para-hydroxylation sites is 1. The van der Waals surface area contributed by atoms with Gasteiger partial charge in [0.25, 0.3) is 0 Å². The van der Waals surface area contributed by atoms with Gasteiger partial charge in [0.1, 0.15) is 4.90 Å². The lowest BCUT2D eigenvalue weighted by atomic mass is 10.2. The molecule has 6 heteroatoms. The van der Waals surface area contributed by atoms with Crippen molar-refractivity contribution in [2.45, 2.75) is 37.9 Å². The summed E-state index contributed by atoms with van der Waals surface area (Å²) >= 11 is 0. The molecule has 0 saturated heterocycles. The van der Waals surface area contributed by atoms with Crippen molar-refractivity contribution < 1.29 is 8.42 Å². The third-order valence-corrected chi connectivity index (χ3v) is 7.25. The number of benzene rings is 2. The van der Waals surface area contributed by atoms with E-state index in [2.05, 4.69) is 21.7 Å². The summed E-state index contributed by atoms with van der Waals surface area (Å²) in [5.41, 5.74) is 2.63. The first-order valence-electron chi connectivity index (χ1n) is 10.0. The number of aromatic nitrogens is 2. The molecule has 0 fully saturated rings. The number of sulfonamides is 1. The molecule has 0 saturated carbocycles. The van der Waals surface area contributed by atoms with Crippen molar-refractivity contribution in [2.24, 2.45) is 0 Å². The van der Waals surface area contributed by atoms with Crippen LogP contribution in [0.15, 0.2) is 90.1 Å². The number of rotatable bonds is 7. The quantitative estimate of drug-likeness (QED) is 0.437. The highest BCUT2D eigenvalue weighted by Gasteiger charge is 2.30. The molecule has 0 N–H and O–H groups in total. The van der Waals surface area contributed by atoms with Crippen LogP contribution in [0.1, 0.15) is 25.1 Å². The Morgan fingerprint density at radius 1 is 0.933 bits per heavy atom. The summed E-state index contributed by atoms with van der Waals surface area (Å²) < 4.78 is 31.0. The van der Waals surface area contributed by atoms with Gasteiger partial charge in [-0.05, 0) is 43.7 Å². The van der Waals surface area contributed by atoms with Gasteiger partial charge in [-0.3, -0.25) is 4.98 Å². The van der Waals surface area contributed by atoms with E-state index in [9.17, 15) is 8.42 Å². The summed E-state index contributed by atoms with van der Waals surface area (Å²) in [6.07, 6.45) is 3.62. The second kappa shape index (κ2) is 8.42. The second-order valence-electron chi connectivity index (χ2n) is 7.59. The number of nitrogens with zero attached hydrogens (tertiary/aromatic N) is 3. The van der Waals surface area contributed by atoms with Crippen LogP contribution >= 0.6 is 0 Å². The molecule has 4 rings (SSSR count). The fourth-order valence-corrected chi connectivity index (χ4v) is 5.42. The van der Waals surface area contributed by atoms with Crippen LogP contribution < -0.4 is 0 Å². The SMILES string of the molecule is CC(C)N(Cc1cccn1Cc1ccccc1)S(=O)(=O)c1cccc2cccnc12. The summed E-state index contributed by atoms with van der Waals surface area (Å²) in [5.74, 6) is 0. The number of hydrogen-bond donors (Lipinski definition) is 0. The van der Waals surface area contributed by atoms with Crippen molar-refractivity contribution in [3.8, 4) is 0 Å². The molecule has 2 aromatic carbocycles. The maximum atomic E-state index is 13.7. The smallest absolute Gasteiger partial charge is 0.245 e. The summed E-state index contributed by atoms with van der Waals surface area (Å²) in [6.45, 7) is 4.80. The minimum Gasteiger partial charge on any atom is -0.346 e. The van der Waals surface area contributed by atoms with E-state index < -0.39 is 10.0 Å². The number of fused-ring (bicyclic) bond motifs is 1. The van der Waals surface area contributed by atoms with Gasteiger partial charge in [-0.2, -0.15) is 4.31 Å². The highest BCUT2D eigenvalue weighted by molar-refractivity contribution is 7.89. The van der Waals surface area contributed by atoms with Crippen LogP contribution in [-0.2, 0) is 23.1 Å². The number of pyridine rings is 1. The maximum Gasteiger partial charge on any atom is 0.245 e. The average molecular weight is 420 g/mol. The molecule has 4 aromatic rings. The molecule has 2 aromatic heterocycles. The van der Waals surface area contributed by atoms with Gasteiger partial charge < -0.3 is 4.57 Å². The van der Waals surface area contributed by atoms with Crippen molar-refractivity contribution in [2.75, 3.05) is 0 Å². The molecule has 0 aliphatic carbocycles. The monoisotopic (exact) mass is 419 g/mol. The molecule has 0 aliphatic heterocycles. The molecule has 154 valence electrons. The van der Waals surface area contributed by atoms with E-state index in [1.54, 1.807) is 22.6 Å². The van der Waals surface area contributed by atoms with Gasteiger partial charge in [0.15, 0.2) is 0 Å². The predicted molar refractivity (Wildman–Crippen MR) is 120 cm³/mol. The zero-order valence-corrected chi connectivity index (χ0v) is 18.0. The van der Waals surface area contributed by atoms with Gasteiger partial charge in [0.2, 0.25) is 10.0 Å². The van der Waals surface area contributed by atoms with Crippen molar-refractivity contribution >= 4 is 20.9 Å². The first-order chi connectivity index (χ1) is 14.5. The molecular formula is C24H25N3O2S. The average Bonchev–Trinajstić information content (AvgIpc) is 3.18. The minimum absolute atomic E-state index is 0.200. The zero-order chi connectivity index (χ0) is 21.1. The topological polar surface area (TPSA) is 55.2 Å². The van der Waals surface area contributed by atoms with Crippen LogP contribution in [-0.4, -0.2) is 28.3 Å². The molecule has 30 heavy (non-hydrogen) atoms. The van der Waals surface area contributed by atoms with E-state index in [4.69, 9.17) is 0 Å². The Morgan fingerprint density at radius 2 is 1.70 bits per heavy atom. The van der Waals surface area contributed by atoms with Crippen LogP contribution in [0.25, 0.3) is 10.9 Å². The van der Waals surface area contributed by atoms with Gasteiger partial charge in [-0.1, -0.05) is 48.5 Å². The minimum atomic E-state index is -3.74. The van der Waals surface area contributed by atoms with Gasteiger partial charge in [0.05, 0.1) is 12.1 Å². The molecule has 0 spiro atoms. The summed E-state index contributed by atoms with van der Waals surface area (Å²) in [5, 5.41) is 0.815. The normalized spacial score (nSPS) is 12.1. The summed E-state index contributed by atoms with van der Waals surface area (Å²) in [4.78, 5) is 4.59. The van der Waals surface area contributed by atoms with Crippen LogP contribution in [0.3, 0.4) is 0 Å². The highest BCUT2D eigenvalue weighted by atomic mass is 32.2. The fraction of sp³-hybridized carbons (Fsp3) is 0.208. The van der Waals surface area contributed by atoms with Crippen LogP contribution in [0.5, 0.6) is 0 Å². The van der Waals surface area contributed by atoms with Crippen molar-refractivity contribution in [3.63, 3.8) is 0 Å². The van der Waals surface area contributed by atoms with Gasteiger partial charge in [-0.25, -0.2) is 8.42 Å². The second-order valence-corrected chi connectivity index (χ2v) is 9.45.